The number of benzene rings is 1. The van der Waals surface area contributed by atoms with Gasteiger partial charge in [-0.05, 0) is 38.1 Å². The Morgan fingerprint density at radius 1 is 1.17 bits per heavy atom. The van der Waals surface area contributed by atoms with Gasteiger partial charge in [-0.15, -0.1) is 0 Å². The molecule has 10 nitrogen and oxygen atoms in total. The van der Waals surface area contributed by atoms with E-state index >= 15 is 0 Å². The normalized spacial score (nSPS) is 11.6. The summed E-state index contributed by atoms with van der Waals surface area (Å²) in [5.41, 5.74) is 1.48. The number of rotatable bonds is 8. The smallest absolute Gasteiger partial charge is 0.271 e. The van der Waals surface area contributed by atoms with E-state index in [1.807, 2.05) is 0 Å². The van der Waals surface area contributed by atoms with Crippen LogP contribution in [0.1, 0.15) is 11.5 Å². The number of hydrogen-bond acceptors (Lipinski definition) is 8. The maximum atomic E-state index is 12.7. The summed E-state index contributed by atoms with van der Waals surface area (Å²) >= 11 is 0. The Labute approximate surface area is 173 Å². The SMILES string of the molecule is COCCNS(=O)(=O)c1cc(-c2ccc(=O)n(-c3c(C)noc3C)n2)ccc1OC. The zero-order valence-electron chi connectivity index (χ0n) is 17.0. The largest absolute Gasteiger partial charge is 0.495 e. The highest BCUT2D eigenvalue weighted by molar-refractivity contribution is 7.89. The van der Waals surface area contributed by atoms with Crippen molar-refractivity contribution >= 4 is 10.0 Å². The molecule has 2 heterocycles. The molecule has 0 bridgehead atoms. The van der Waals surface area contributed by atoms with Crippen LogP contribution in [0.5, 0.6) is 5.75 Å². The minimum atomic E-state index is -3.86. The van der Waals surface area contributed by atoms with E-state index in [1.54, 1.807) is 19.9 Å². The summed E-state index contributed by atoms with van der Waals surface area (Å²) in [5, 5.41) is 8.24. The number of aromatic nitrogens is 3. The van der Waals surface area contributed by atoms with Crippen LogP contribution < -0.4 is 15.0 Å². The maximum Gasteiger partial charge on any atom is 0.271 e. The second-order valence-electron chi connectivity index (χ2n) is 6.40. The Hall–Kier alpha value is -3.02. The molecule has 0 fully saturated rings. The van der Waals surface area contributed by atoms with Gasteiger partial charge in [0.15, 0.2) is 5.76 Å². The molecule has 0 spiro atoms. The first-order valence-corrected chi connectivity index (χ1v) is 10.5. The third-order valence-corrected chi connectivity index (χ3v) is 5.84. The quantitative estimate of drug-likeness (QED) is 0.528. The van der Waals surface area contributed by atoms with Crippen LogP contribution in [0.2, 0.25) is 0 Å². The molecule has 3 rings (SSSR count). The fraction of sp³-hybridized carbons (Fsp3) is 0.316. The standard InChI is InChI=1S/C19H22N4O6S/c1-12-19(13(2)29-22-12)23-18(24)8-6-15(21-23)14-5-7-16(28-4)17(11-14)30(25,26)20-9-10-27-3/h5-8,11,20H,9-10H2,1-4H3. The van der Waals surface area contributed by atoms with Gasteiger partial charge in [0, 0.05) is 25.3 Å². The van der Waals surface area contributed by atoms with Crippen LogP contribution >= 0.6 is 0 Å². The molecule has 0 aliphatic heterocycles. The summed E-state index contributed by atoms with van der Waals surface area (Å²) < 4.78 is 44.3. The minimum Gasteiger partial charge on any atom is -0.495 e. The van der Waals surface area contributed by atoms with Crippen molar-refractivity contribution in [1.82, 2.24) is 19.7 Å². The van der Waals surface area contributed by atoms with Crippen LogP contribution in [0.15, 0.2) is 44.5 Å². The number of methoxy groups -OCH3 is 2. The average molecular weight is 434 g/mol. The third kappa shape index (κ3) is 4.27. The summed E-state index contributed by atoms with van der Waals surface area (Å²) in [6.07, 6.45) is 0. The minimum absolute atomic E-state index is 0.0458. The highest BCUT2D eigenvalue weighted by atomic mass is 32.2. The number of hydrogen-bond donors (Lipinski definition) is 1. The van der Waals surface area contributed by atoms with Gasteiger partial charge in [-0.1, -0.05) is 5.16 Å². The molecule has 3 aromatic rings. The molecule has 0 aliphatic carbocycles. The molecule has 0 aliphatic rings. The van der Waals surface area contributed by atoms with Crippen LogP contribution in [0.25, 0.3) is 16.9 Å². The fourth-order valence-corrected chi connectivity index (χ4v) is 4.11. The lowest BCUT2D eigenvalue weighted by Crippen LogP contribution is -2.27. The third-order valence-electron chi connectivity index (χ3n) is 4.35. The lowest BCUT2D eigenvalue weighted by atomic mass is 10.1. The maximum absolute atomic E-state index is 12.7. The van der Waals surface area contributed by atoms with E-state index in [0.29, 0.717) is 28.4 Å². The first-order chi connectivity index (χ1) is 14.3. The van der Waals surface area contributed by atoms with Gasteiger partial charge >= 0.3 is 0 Å². The van der Waals surface area contributed by atoms with Gasteiger partial charge in [-0.25, -0.2) is 13.1 Å². The molecule has 160 valence electrons. The highest BCUT2D eigenvalue weighted by Crippen LogP contribution is 2.29. The molecule has 1 N–H and O–H groups in total. The Bertz CT molecular complexity index is 1200. The first-order valence-electron chi connectivity index (χ1n) is 8.99. The van der Waals surface area contributed by atoms with E-state index in [2.05, 4.69) is 15.0 Å². The predicted octanol–water partition coefficient (Wildman–Crippen LogP) is 1.44. The van der Waals surface area contributed by atoms with Crippen molar-refractivity contribution in [3.63, 3.8) is 0 Å². The van der Waals surface area contributed by atoms with Gasteiger partial charge < -0.3 is 14.0 Å². The topological polar surface area (TPSA) is 126 Å². The molecule has 11 heteroatoms. The van der Waals surface area contributed by atoms with Crippen LogP contribution in [-0.4, -0.2) is 50.7 Å². The predicted molar refractivity (Wildman–Crippen MR) is 108 cm³/mol. The number of nitrogens with one attached hydrogen (secondary N) is 1. The van der Waals surface area contributed by atoms with Crippen LogP contribution in [0, 0.1) is 13.8 Å². The van der Waals surface area contributed by atoms with Crippen LogP contribution in [0.4, 0.5) is 0 Å². The average Bonchev–Trinajstić information content (AvgIpc) is 3.06. The van der Waals surface area contributed by atoms with Gasteiger partial charge in [0.05, 0.1) is 19.4 Å². The molecular weight excluding hydrogens is 412 g/mol. The van der Waals surface area contributed by atoms with Gasteiger partial charge in [-0.2, -0.15) is 9.78 Å². The van der Waals surface area contributed by atoms with Crippen molar-refractivity contribution in [1.29, 1.82) is 0 Å². The van der Waals surface area contributed by atoms with Crippen LogP contribution in [-0.2, 0) is 14.8 Å². The monoisotopic (exact) mass is 434 g/mol. The van der Waals surface area contributed by atoms with Crippen molar-refractivity contribution in [2.24, 2.45) is 0 Å². The number of ether oxygens (including phenoxy) is 2. The molecule has 30 heavy (non-hydrogen) atoms. The van der Waals surface area contributed by atoms with Crippen molar-refractivity contribution < 1.29 is 22.4 Å². The summed E-state index contributed by atoms with van der Waals surface area (Å²) in [6.45, 7) is 3.73. The van der Waals surface area contributed by atoms with Gasteiger partial charge in [0.1, 0.15) is 22.0 Å². The van der Waals surface area contributed by atoms with E-state index in [0.717, 1.165) is 0 Å². The van der Waals surface area contributed by atoms with E-state index in [1.165, 1.54) is 43.2 Å². The molecule has 0 saturated carbocycles. The molecule has 0 amide bonds. The van der Waals surface area contributed by atoms with Crippen molar-refractivity contribution in [2.75, 3.05) is 27.4 Å². The Balaban J connectivity index is 2.09. The lowest BCUT2D eigenvalue weighted by Gasteiger charge is -2.13. The summed E-state index contributed by atoms with van der Waals surface area (Å²) in [6, 6.07) is 7.51. The Morgan fingerprint density at radius 2 is 1.93 bits per heavy atom. The Morgan fingerprint density at radius 3 is 2.57 bits per heavy atom. The van der Waals surface area contributed by atoms with Gasteiger partial charge in [-0.3, -0.25) is 4.79 Å². The lowest BCUT2D eigenvalue weighted by molar-refractivity contribution is 0.204. The van der Waals surface area contributed by atoms with Crippen molar-refractivity contribution in [3.8, 4) is 22.7 Å². The van der Waals surface area contributed by atoms with E-state index in [-0.39, 0.29) is 29.4 Å². The Kier molecular flexibility index (Phi) is 6.34. The molecule has 2 aromatic heterocycles. The van der Waals surface area contributed by atoms with E-state index < -0.39 is 10.0 Å². The second kappa shape index (κ2) is 8.78. The molecule has 0 radical (unpaired) electrons. The fourth-order valence-electron chi connectivity index (χ4n) is 2.91. The van der Waals surface area contributed by atoms with Crippen molar-refractivity contribution in [3.05, 3.63) is 52.1 Å². The summed E-state index contributed by atoms with van der Waals surface area (Å²) in [5.74, 6) is 0.627. The van der Waals surface area contributed by atoms with Gasteiger partial charge in [0.2, 0.25) is 10.0 Å². The molecule has 0 saturated heterocycles. The van der Waals surface area contributed by atoms with E-state index in [4.69, 9.17) is 14.0 Å². The first kappa shape index (κ1) is 21.7. The zero-order valence-corrected chi connectivity index (χ0v) is 17.8. The number of sulfonamides is 1. The number of aryl methyl sites for hydroxylation is 2. The second-order valence-corrected chi connectivity index (χ2v) is 8.13. The van der Waals surface area contributed by atoms with Crippen molar-refractivity contribution in [2.45, 2.75) is 18.7 Å². The van der Waals surface area contributed by atoms with E-state index in [9.17, 15) is 13.2 Å². The van der Waals surface area contributed by atoms with Gasteiger partial charge in [0.25, 0.3) is 5.56 Å². The highest BCUT2D eigenvalue weighted by Gasteiger charge is 2.21. The molecule has 1 aromatic carbocycles. The van der Waals surface area contributed by atoms with Crippen LogP contribution in [0.3, 0.4) is 0 Å². The molecular formula is C19H22N4O6S. The molecule has 0 atom stereocenters. The summed E-state index contributed by atoms with van der Waals surface area (Å²) in [4.78, 5) is 12.3. The molecule has 0 unspecified atom stereocenters. The number of nitrogens with zero attached hydrogens (tertiary/aromatic N) is 3. The zero-order chi connectivity index (χ0) is 21.9. The summed E-state index contributed by atoms with van der Waals surface area (Å²) in [7, 11) is -0.988.